The third-order valence-corrected chi connectivity index (χ3v) is 3.37. The van der Waals surface area contributed by atoms with Crippen LogP contribution in [0.5, 0.6) is 0 Å². The number of nitrogens with one attached hydrogen (secondary N) is 1. The molecule has 1 atom stereocenters. The average Bonchev–Trinajstić information content (AvgIpc) is 2.41. The van der Waals surface area contributed by atoms with Crippen LogP contribution in [0.3, 0.4) is 0 Å². The number of halogens is 2. The van der Waals surface area contributed by atoms with Crippen LogP contribution in [0.1, 0.15) is 23.7 Å². The molecular formula is C13H15F2N3O3. The van der Waals surface area contributed by atoms with Gasteiger partial charge in [-0.2, -0.15) is 0 Å². The van der Waals surface area contributed by atoms with Gasteiger partial charge in [-0.25, -0.2) is 18.6 Å². The summed E-state index contributed by atoms with van der Waals surface area (Å²) >= 11 is 0. The molecule has 0 spiro atoms. The summed E-state index contributed by atoms with van der Waals surface area (Å²) in [6, 6.07) is 1.30. The van der Waals surface area contributed by atoms with Crippen LogP contribution < -0.4 is 5.32 Å². The summed E-state index contributed by atoms with van der Waals surface area (Å²) < 4.78 is 28.0. The maximum atomic E-state index is 14.0. The Labute approximate surface area is 119 Å². The number of rotatable bonds is 3. The van der Waals surface area contributed by atoms with Gasteiger partial charge in [0.15, 0.2) is 0 Å². The van der Waals surface area contributed by atoms with Crippen molar-refractivity contribution in [3.8, 4) is 0 Å². The van der Waals surface area contributed by atoms with E-state index < -0.39 is 24.5 Å². The molecule has 1 saturated heterocycles. The Hall–Kier alpha value is -2.25. The topological polar surface area (TPSA) is 82.5 Å². The van der Waals surface area contributed by atoms with Gasteiger partial charge in [-0.05, 0) is 18.6 Å². The molecule has 2 N–H and O–H groups in total. The lowest BCUT2D eigenvalue weighted by Crippen LogP contribution is -2.55. The summed E-state index contributed by atoms with van der Waals surface area (Å²) in [4.78, 5) is 27.0. The lowest BCUT2D eigenvalue weighted by molar-refractivity contribution is -0.140. The van der Waals surface area contributed by atoms with Crippen LogP contribution in [-0.2, 0) is 4.79 Å². The first kappa shape index (κ1) is 15.1. The van der Waals surface area contributed by atoms with Crippen molar-refractivity contribution in [3.63, 3.8) is 0 Å². The number of piperidine rings is 1. The molecule has 2 rings (SSSR count). The average molecular weight is 299 g/mol. The van der Waals surface area contributed by atoms with Crippen molar-refractivity contribution >= 4 is 17.7 Å². The van der Waals surface area contributed by atoms with Gasteiger partial charge in [0.25, 0.3) is 5.92 Å². The number of aromatic nitrogens is 1. The van der Waals surface area contributed by atoms with E-state index in [9.17, 15) is 18.4 Å². The van der Waals surface area contributed by atoms with Gasteiger partial charge in [0.05, 0.1) is 18.2 Å². The lowest BCUT2D eigenvalue weighted by Gasteiger charge is -2.38. The van der Waals surface area contributed by atoms with E-state index in [4.69, 9.17) is 5.11 Å². The van der Waals surface area contributed by atoms with Crippen molar-refractivity contribution < 1.29 is 23.5 Å². The van der Waals surface area contributed by atoms with Crippen LogP contribution in [-0.4, -0.2) is 51.9 Å². The number of pyridine rings is 1. The van der Waals surface area contributed by atoms with E-state index in [0.717, 1.165) is 4.90 Å². The van der Waals surface area contributed by atoms with Gasteiger partial charge < -0.3 is 15.3 Å². The Bertz CT molecular complexity index is 565. The fraction of sp³-hybridized carbons (Fsp3) is 0.462. The fourth-order valence-electron chi connectivity index (χ4n) is 2.21. The van der Waals surface area contributed by atoms with Crippen LogP contribution in [0, 0.1) is 0 Å². The van der Waals surface area contributed by atoms with Crippen molar-refractivity contribution in [3.05, 3.63) is 23.9 Å². The Morgan fingerprint density at radius 3 is 2.81 bits per heavy atom. The summed E-state index contributed by atoms with van der Waals surface area (Å²) in [6.07, 6.45) is 1.31. The second kappa shape index (κ2) is 5.63. The summed E-state index contributed by atoms with van der Waals surface area (Å²) in [5, 5.41) is 11.4. The standard InChI is InChI=1S/C13H15F2N3O3/c1-8(19)18-5-3-10(13(14,15)7-18)17-11-6-9(12(20)21)2-4-16-11/h2,4,6,10H,3,5,7H2,1H3,(H,16,17)(H,20,21). The highest BCUT2D eigenvalue weighted by molar-refractivity contribution is 5.88. The number of alkyl halides is 2. The van der Waals surface area contributed by atoms with Crippen LogP contribution in [0.25, 0.3) is 0 Å². The smallest absolute Gasteiger partial charge is 0.335 e. The van der Waals surface area contributed by atoms with Crippen LogP contribution in [0.2, 0.25) is 0 Å². The molecule has 0 aromatic carbocycles. The number of likely N-dealkylation sites (tertiary alicyclic amines) is 1. The number of nitrogens with zero attached hydrogens (tertiary/aromatic N) is 2. The highest BCUT2D eigenvalue weighted by atomic mass is 19.3. The van der Waals surface area contributed by atoms with Gasteiger partial charge >= 0.3 is 5.97 Å². The molecule has 0 saturated carbocycles. The van der Waals surface area contributed by atoms with Crippen LogP contribution in [0.4, 0.5) is 14.6 Å². The number of anilines is 1. The van der Waals surface area contributed by atoms with E-state index in [1.54, 1.807) is 0 Å². The summed E-state index contributed by atoms with van der Waals surface area (Å²) in [6.45, 7) is 0.821. The van der Waals surface area contributed by atoms with Crippen molar-refractivity contribution in [2.45, 2.75) is 25.3 Å². The number of carbonyl (C=O) groups excluding carboxylic acids is 1. The molecular weight excluding hydrogens is 284 g/mol. The minimum absolute atomic E-state index is 0.0306. The first-order valence-electron chi connectivity index (χ1n) is 6.39. The molecule has 21 heavy (non-hydrogen) atoms. The number of hydrogen-bond acceptors (Lipinski definition) is 4. The van der Waals surface area contributed by atoms with Crippen LogP contribution >= 0.6 is 0 Å². The molecule has 1 amide bonds. The lowest BCUT2D eigenvalue weighted by atomic mass is 10.0. The number of amides is 1. The Kier molecular flexibility index (Phi) is 4.06. The second-order valence-corrected chi connectivity index (χ2v) is 4.92. The predicted octanol–water partition coefficient (Wildman–Crippen LogP) is 1.45. The molecule has 1 fully saturated rings. The zero-order chi connectivity index (χ0) is 15.6. The number of aromatic carboxylic acids is 1. The Morgan fingerprint density at radius 1 is 1.52 bits per heavy atom. The van der Waals surface area contributed by atoms with E-state index in [2.05, 4.69) is 10.3 Å². The van der Waals surface area contributed by atoms with Crippen molar-refractivity contribution in [2.24, 2.45) is 0 Å². The first-order chi connectivity index (χ1) is 9.79. The summed E-state index contributed by atoms with van der Waals surface area (Å²) in [5.74, 6) is -4.57. The molecule has 114 valence electrons. The van der Waals surface area contributed by atoms with Crippen molar-refractivity contribution in [1.82, 2.24) is 9.88 Å². The third-order valence-electron chi connectivity index (χ3n) is 3.37. The van der Waals surface area contributed by atoms with Gasteiger partial charge in [0, 0.05) is 19.7 Å². The van der Waals surface area contributed by atoms with Gasteiger partial charge in [0.2, 0.25) is 5.91 Å². The van der Waals surface area contributed by atoms with Gasteiger partial charge in [0.1, 0.15) is 5.82 Å². The van der Waals surface area contributed by atoms with Gasteiger partial charge in [-0.3, -0.25) is 4.79 Å². The normalized spacial score (nSPS) is 20.9. The maximum Gasteiger partial charge on any atom is 0.335 e. The third kappa shape index (κ3) is 3.45. The molecule has 1 aromatic heterocycles. The molecule has 1 unspecified atom stereocenters. The monoisotopic (exact) mass is 299 g/mol. The molecule has 0 aliphatic carbocycles. The molecule has 0 radical (unpaired) electrons. The molecule has 0 bridgehead atoms. The van der Waals surface area contributed by atoms with Gasteiger partial charge in [-0.15, -0.1) is 0 Å². The molecule has 1 aliphatic rings. The summed E-state index contributed by atoms with van der Waals surface area (Å²) in [7, 11) is 0. The molecule has 2 heterocycles. The van der Waals surface area contributed by atoms with E-state index in [0.29, 0.717) is 0 Å². The fourth-order valence-corrected chi connectivity index (χ4v) is 2.21. The molecule has 1 aliphatic heterocycles. The highest BCUT2D eigenvalue weighted by Crippen LogP contribution is 2.29. The largest absolute Gasteiger partial charge is 0.478 e. The first-order valence-corrected chi connectivity index (χ1v) is 6.39. The Balaban J connectivity index is 2.11. The molecule has 6 nitrogen and oxygen atoms in total. The zero-order valence-corrected chi connectivity index (χ0v) is 11.3. The summed E-state index contributed by atoms with van der Waals surface area (Å²) in [5.41, 5.74) is -0.0306. The van der Waals surface area contributed by atoms with E-state index in [-0.39, 0.29) is 30.3 Å². The maximum absolute atomic E-state index is 14.0. The van der Waals surface area contributed by atoms with E-state index in [1.807, 2.05) is 0 Å². The minimum atomic E-state index is -3.11. The van der Waals surface area contributed by atoms with E-state index >= 15 is 0 Å². The number of carboxylic acid groups (broad SMARTS) is 1. The van der Waals surface area contributed by atoms with Crippen molar-refractivity contribution in [2.75, 3.05) is 18.4 Å². The zero-order valence-electron chi connectivity index (χ0n) is 11.3. The number of hydrogen-bond donors (Lipinski definition) is 2. The Morgan fingerprint density at radius 2 is 2.24 bits per heavy atom. The SMILES string of the molecule is CC(=O)N1CCC(Nc2cc(C(=O)O)ccn2)C(F)(F)C1. The minimum Gasteiger partial charge on any atom is -0.478 e. The number of carboxylic acids is 1. The quantitative estimate of drug-likeness (QED) is 0.882. The second-order valence-electron chi connectivity index (χ2n) is 4.92. The molecule has 1 aromatic rings. The van der Waals surface area contributed by atoms with Crippen molar-refractivity contribution in [1.29, 1.82) is 0 Å². The van der Waals surface area contributed by atoms with E-state index in [1.165, 1.54) is 25.3 Å². The van der Waals surface area contributed by atoms with Gasteiger partial charge in [-0.1, -0.05) is 0 Å². The molecule has 8 heteroatoms. The van der Waals surface area contributed by atoms with Crippen LogP contribution in [0.15, 0.2) is 18.3 Å². The number of carbonyl (C=O) groups is 2. The predicted molar refractivity (Wildman–Crippen MR) is 70.4 cm³/mol. The highest BCUT2D eigenvalue weighted by Gasteiger charge is 2.45.